The van der Waals surface area contributed by atoms with Crippen molar-refractivity contribution in [3.63, 3.8) is 0 Å². The van der Waals surface area contributed by atoms with E-state index in [1.165, 1.54) is 35.3 Å². The van der Waals surface area contributed by atoms with Gasteiger partial charge < -0.3 is 14.2 Å². The fourth-order valence-electron chi connectivity index (χ4n) is 7.75. The lowest BCUT2D eigenvalue weighted by atomic mass is 9.75. The van der Waals surface area contributed by atoms with Crippen LogP contribution in [-0.2, 0) is 30.6 Å². The highest BCUT2D eigenvalue weighted by Gasteiger charge is 2.42. The Morgan fingerprint density at radius 3 is 0.810 bits per heavy atom. The summed E-state index contributed by atoms with van der Waals surface area (Å²) in [4.78, 5) is 55.2. The zero-order chi connectivity index (χ0) is 45.1. The maximum Gasteiger partial charge on any atom is 0.314 e. The van der Waals surface area contributed by atoms with Crippen molar-refractivity contribution in [3.05, 3.63) is 144 Å². The topological polar surface area (TPSA) is 118 Å². The normalized spacial score (nSPS) is 16.8. The molecule has 1 fully saturated rings. The molecule has 1 aliphatic rings. The van der Waals surface area contributed by atoms with Crippen molar-refractivity contribution < 1.29 is 28.6 Å². The maximum absolute atomic E-state index is 13.8. The Labute approximate surface area is 371 Å². The molecule has 0 N–H and O–H groups in total. The molecule has 0 unspecified atom stereocenters. The van der Waals surface area contributed by atoms with Gasteiger partial charge in [-0.15, -0.1) is 0 Å². The molecule has 0 aliphatic heterocycles. The number of rotatable bonds is 9. The monoisotopic (exact) mass is 843 g/mol. The Kier molecular flexibility index (Phi) is 12.8. The minimum absolute atomic E-state index is 0.0276. The number of pyridine rings is 3. The average molecular weight is 844 g/mol. The first-order valence-corrected chi connectivity index (χ1v) is 21.7. The summed E-state index contributed by atoms with van der Waals surface area (Å²) in [6.45, 7) is 19.5. The molecular formula is C54H57N3O6. The van der Waals surface area contributed by atoms with Crippen LogP contribution >= 0.6 is 0 Å². The summed E-state index contributed by atoms with van der Waals surface area (Å²) in [5, 5.41) is 0. The largest absolute Gasteiger partial charge is 0.425 e. The van der Waals surface area contributed by atoms with Gasteiger partial charge in [-0.05, 0) is 88.6 Å². The predicted octanol–water partition coefficient (Wildman–Crippen LogP) is 11.9. The molecule has 3 aromatic carbocycles. The molecule has 0 spiro atoms. The van der Waals surface area contributed by atoms with Crippen LogP contribution in [0.3, 0.4) is 0 Å². The molecule has 0 amide bonds. The second-order valence-corrected chi connectivity index (χ2v) is 19.7. The third-order valence-corrected chi connectivity index (χ3v) is 11.7. The maximum atomic E-state index is 13.8. The first-order chi connectivity index (χ1) is 29.8. The van der Waals surface area contributed by atoms with Crippen molar-refractivity contribution in [2.24, 2.45) is 17.8 Å². The highest BCUT2D eigenvalue weighted by atomic mass is 16.5. The second kappa shape index (κ2) is 18.1. The number of aromatic nitrogens is 3. The van der Waals surface area contributed by atoms with Crippen molar-refractivity contribution >= 4 is 17.9 Å². The van der Waals surface area contributed by atoms with Gasteiger partial charge in [0.15, 0.2) is 0 Å². The first kappa shape index (κ1) is 44.6. The lowest BCUT2D eigenvalue weighted by molar-refractivity contribution is -0.150. The molecule has 3 heterocycles. The molecule has 0 atom stereocenters. The average Bonchev–Trinajstić information content (AvgIpc) is 3.26. The smallest absolute Gasteiger partial charge is 0.314 e. The van der Waals surface area contributed by atoms with Crippen molar-refractivity contribution in [2.75, 3.05) is 0 Å². The van der Waals surface area contributed by atoms with E-state index in [2.05, 4.69) is 114 Å². The fourth-order valence-corrected chi connectivity index (χ4v) is 7.75. The van der Waals surface area contributed by atoms with Crippen LogP contribution in [0.2, 0.25) is 0 Å². The van der Waals surface area contributed by atoms with E-state index in [4.69, 9.17) is 14.2 Å². The lowest BCUT2D eigenvalue weighted by Crippen LogP contribution is -2.39. The van der Waals surface area contributed by atoms with Crippen LogP contribution < -0.4 is 14.2 Å². The Balaban J connectivity index is 1.05. The Morgan fingerprint density at radius 2 is 0.619 bits per heavy atom. The standard InChI is InChI=1S/C54H57N3O6/c1-52(2,3)40-16-10-34(11-17-40)46-25-22-43(31-55-46)61-49(58)37-28-38(50(59)62-44-23-26-47(56-32-44)35-12-18-41(19-13-35)53(4,5)6)30-39(29-37)51(60)63-45-24-27-48(57-33-45)36-14-20-42(21-15-36)54(7,8)9/h10-27,31-33,37-39H,28-30H2,1-9H3. The summed E-state index contributed by atoms with van der Waals surface area (Å²) in [6.07, 6.45) is 4.91. The summed E-state index contributed by atoms with van der Waals surface area (Å²) < 4.78 is 17.5. The van der Waals surface area contributed by atoms with E-state index in [-0.39, 0.29) is 52.8 Å². The van der Waals surface area contributed by atoms with Crippen LogP contribution in [-0.4, -0.2) is 32.9 Å². The van der Waals surface area contributed by atoms with E-state index < -0.39 is 35.7 Å². The second-order valence-electron chi connectivity index (χ2n) is 19.7. The number of benzene rings is 3. The van der Waals surface area contributed by atoms with Gasteiger partial charge in [0.1, 0.15) is 17.2 Å². The molecule has 0 radical (unpaired) electrons. The molecule has 6 aromatic rings. The van der Waals surface area contributed by atoms with Crippen LogP contribution in [0.5, 0.6) is 17.2 Å². The predicted molar refractivity (Wildman–Crippen MR) is 246 cm³/mol. The summed E-state index contributed by atoms with van der Waals surface area (Å²) >= 11 is 0. The molecule has 1 saturated carbocycles. The molecule has 63 heavy (non-hydrogen) atoms. The van der Waals surface area contributed by atoms with E-state index in [1.807, 2.05) is 36.4 Å². The summed E-state index contributed by atoms with van der Waals surface area (Å²) in [5.74, 6) is -3.32. The van der Waals surface area contributed by atoms with E-state index >= 15 is 0 Å². The van der Waals surface area contributed by atoms with E-state index in [0.29, 0.717) is 0 Å². The quantitative estimate of drug-likeness (QED) is 0.131. The Hall–Kier alpha value is -6.48. The first-order valence-electron chi connectivity index (χ1n) is 21.7. The number of hydrogen-bond acceptors (Lipinski definition) is 9. The van der Waals surface area contributed by atoms with Gasteiger partial charge in [0, 0.05) is 16.7 Å². The Morgan fingerprint density at radius 1 is 0.381 bits per heavy atom. The van der Waals surface area contributed by atoms with E-state index in [0.717, 1.165) is 33.8 Å². The molecule has 0 bridgehead atoms. The molecule has 0 saturated heterocycles. The van der Waals surface area contributed by atoms with E-state index in [1.54, 1.807) is 36.4 Å². The molecule has 9 heteroatoms. The van der Waals surface area contributed by atoms with Gasteiger partial charge in [0.25, 0.3) is 0 Å². The molecule has 7 rings (SSSR count). The van der Waals surface area contributed by atoms with Crippen LogP contribution in [0.1, 0.15) is 98.3 Å². The number of nitrogens with zero attached hydrogens (tertiary/aromatic N) is 3. The number of carbonyl (C=O) groups is 3. The summed E-state index contributed by atoms with van der Waals surface area (Å²) in [7, 11) is 0. The van der Waals surface area contributed by atoms with Crippen molar-refractivity contribution in [1.82, 2.24) is 15.0 Å². The van der Waals surface area contributed by atoms with Crippen LogP contribution in [0, 0.1) is 17.8 Å². The summed E-state index contributed by atoms with van der Waals surface area (Å²) in [5.41, 5.74) is 8.76. The minimum atomic E-state index is -0.799. The van der Waals surface area contributed by atoms with Gasteiger partial charge in [-0.3, -0.25) is 29.3 Å². The number of esters is 3. The van der Waals surface area contributed by atoms with Gasteiger partial charge in [0.2, 0.25) is 0 Å². The zero-order valence-electron chi connectivity index (χ0n) is 37.8. The van der Waals surface area contributed by atoms with Gasteiger partial charge >= 0.3 is 17.9 Å². The fraction of sp³-hybridized carbons (Fsp3) is 0.333. The van der Waals surface area contributed by atoms with Crippen molar-refractivity contribution in [1.29, 1.82) is 0 Å². The van der Waals surface area contributed by atoms with Crippen molar-refractivity contribution in [2.45, 2.75) is 97.8 Å². The van der Waals surface area contributed by atoms with Crippen molar-refractivity contribution in [3.8, 4) is 51.0 Å². The van der Waals surface area contributed by atoms with Crippen LogP contribution in [0.25, 0.3) is 33.8 Å². The molecule has 324 valence electrons. The molecular weight excluding hydrogens is 787 g/mol. The third-order valence-electron chi connectivity index (χ3n) is 11.7. The molecule has 1 aliphatic carbocycles. The van der Waals surface area contributed by atoms with Crippen LogP contribution in [0.4, 0.5) is 0 Å². The van der Waals surface area contributed by atoms with E-state index in [9.17, 15) is 14.4 Å². The SMILES string of the molecule is CC(C)(C)c1ccc(-c2ccc(OC(=O)C3CC(C(=O)Oc4ccc(-c5ccc(C(C)(C)C)cc5)nc4)CC(C(=O)Oc4ccc(-c5ccc(C(C)(C)C)cc5)nc4)C3)cn2)cc1. The number of carbonyl (C=O) groups excluding carboxylic acids is 3. The van der Waals surface area contributed by atoms with Gasteiger partial charge in [-0.1, -0.05) is 135 Å². The van der Waals surface area contributed by atoms with Crippen LogP contribution in [0.15, 0.2) is 128 Å². The Bertz CT molecular complexity index is 2240. The number of hydrogen-bond donors (Lipinski definition) is 0. The lowest BCUT2D eigenvalue weighted by Gasteiger charge is -2.31. The third kappa shape index (κ3) is 11.1. The van der Waals surface area contributed by atoms with Gasteiger partial charge in [0.05, 0.1) is 53.4 Å². The highest BCUT2D eigenvalue weighted by Crippen LogP contribution is 2.37. The highest BCUT2D eigenvalue weighted by molar-refractivity contribution is 5.83. The summed E-state index contributed by atoms with van der Waals surface area (Å²) in [6, 6.07) is 35.2. The zero-order valence-corrected chi connectivity index (χ0v) is 37.8. The minimum Gasteiger partial charge on any atom is -0.425 e. The van der Waals surface area contributed by atoms with Gasteiger partial charge in [-0.2, -0.15) is 0 Å². The molecule has 3 aromatic heterocycles. The number of ether oxygens (including phenoxy) is 3. The molecule has 9 nitrogen and oxygen atoms in total. The van der Waals surface area contributed by atoms with Gasteiger partial charge in [-0.25, -0.2) is 0 Å².